The summed E-state index contributed by atoms with van der Waals surface area (Å²) in [5, 5.41) is 3.87. The molecular weight excluding hydrogens is 222 g/mol. The molecule has 2 saturated heterocycles. The number of fused-ring (bicyclic) bond motifs is 2. The van der Waals surface area contributed by atoms with Crippen molar-refractivity contribution >= 4 is 0 Å². The zero-order chi connectivity index (χ0) is 13.1. The lowest BCUT2D eigenvalue weighted by Crippen LogP contribution is -2.48. The third-order valence-electron chi connectivity index (χ3n) is 4.72. The maximum atomic E-state index is 3.87. The lowest BCUT2D eigenvalue weighted by molar-refractivity contribution is 0.194. The fraction of sp³-hybridized carbons (Fsp3) is 1.00. The third kappa shape index (κ3) is 3.69. The second kappa shape index (κ2) is 6.36. The van der Waals surface area contributed by atoms with Crippen LogP contribution in [0.5, 0.6) is 0 Å². The molecule has 2 bridgehead atoms. The van der Waals surface area contributed by atoms with Gasteiger partial charge in [-0.3, -0.25) is 0 Å². The van der Waals surface area contributed by atoms with E-state index in [4.69, 9.17) is 0 Å². The van der Waals surface area contributed by atoms with Gasteiger partial charge in [0.15, 0.2) is 0 Å². The maximum Gasteiger partial charge on any atom is 0.0217 e. The SMILES string of the molecule is CC(C)CC(CNC1CCN2CCC1C2)N(C)C. The average Bonchev–Trinajstić information content (AvgIpc) is 2.68. The second-order valence-electron chi connectivity index (χ2n) is 6.90. The van der Waals surface area contributed by atoms with Crippen molar-refractivity contribution in [3.05, 3.63) is 0 Å². The van der Waals surface area contributed by atoms with Crippen molar-refractivity contribution in [2.24, 2.45) is 11.8 Å². The first-order chi connectivity index (χ1) is 8.56. The Kier molecular flexibility index (Phi) is 5.05. The second-order valence-corrected chi connectivity index (χ2v) is 6.90. The molecule has 106 valence electrons. The number of piperidine rings is 1. The number of rotatable bonds is 6. The lowest BCUT2D eigenvalue weighted by Gasteiger charge is -2.34. The average molecular weight is 253 g/mol. The highest BCUT2D eigenvalue weighted by Crippen LogP contribution is 2.27. The van der Waals surface area contributed by atoms with Crippen LogP contribution in [0.15, 0.2) is 0 Å². The van der Waals surface area contributed by atoms with Crippen LogP contribution < -0.4 is 5.32 Å². The van der Waals surface area contributed by atoms with Crippen LogP contribution in [-0.4, -0.2) is 62.2 Å². The normalized spacial score (nSPS) is 33.3. The molecule has 18 heavy (non-hydrogen) atoms. The summed E-state index contributed by atoms with van der Waals surface area (Å²) in [6.45, 7) is 9.80. The predicted octanol–water partition coefficient (Wildman–Crippen LogP) is 1.65. The molecule has 2 aliphatic rings. The van der Waals surface area contributed by atoms with Crippen LogP contribution in [-0.2, 0) is 0 Å². The van der Waals surface area contributed by atoms with Gasteiger partial charge in [-0.25, -0.2) is 0 Å². The van der Waals surface area contributed by atoms with Crippen molar-refractivity contribution in [1.29, 1.82) is 0 Å². The standard InChI is InChI=1S/C15H31N3/c1-12(2)9-14(17(3)4)10-16-15-6-8-18-7-5-13(15)11-18/h12-16H,5-11H2,1-4H3. The van der Waals surface area contributed by atoms with Gasteiger partial charge in [0.25, 0.3) is 0 Å². The first kappa shape index (κ1) is 14.3. The third-order valence-corrected chi connectivity index (χ3v) is 4.72. The Hall–Kier alpha value is -0.120. The summed E-state index contributed by atoms with van der Waals surface area (Å²) in [4.78, 5) is 5.01. The first-order valence-electron chi connectivity index (χ1n) is 7.68. The summed E-state index contributed by atoms with van der Waals surface area (Å²) in [5.74, 6) is 1.70. The Morgan fingerprint density at radius 3 is 2.61 bits per heavy atom. The molecule has 0 aromatic heterocycles. The number of nitrogens with zero attached hydrogens (tertiary/aromatic N) is 2. The molecule has 0 radical (unpaired) electrons. The Labute approximate surface area is 113 Å². The Morgan fingerprint density at radius 1 is 1.22 bits per heavy atom. The highest BCUT2D eigenvalue weighted by Gasteiger charge is 2.34. The monoisotopic (exact) mass is 253 g/mol. The van der Waals surface area contributed by atoms with Gasteiger partial charge in [0.2, 0.25) is 0 Å². The van der Waals surface area contributed by atoms with Crippen molar-refractivity contribution in [3.63, 3.8) is 0 Å². The van der Waals surface area contributed by atoms with E-state index in [2.05, 4.69) is 43.1 Å². The summed E-state index contributed by atoms with van der Waals surface area (Å²) in [6.07, 6.45) is 4.06. The summed E-state index contributed by atoms with van der Waals surface area (Å²) < 4.78 is 0. The van der Waals surface area contributed by atoms with Crippen LogP contribution in [0.3, 0.4) is 0 Å². The lowest BCUT2D eigenvalue weighted by atomic mass is 9.93. The highest BCUT2D eigenvalue weighted by molar-refractivity contribution is 4.91. The number of hydrogen-bond acceptors (Lipinski definition) is 3. The molecule has 0 aromatic carbocycles. The molecule has 4 unspecified atom stereocenters. The van der Waals surface area contributed by atoms with Crippen LogP contribution in [0.1, 0.15) is 33.1 Å². The van der Waals surface area contributed by atoms with Gasteiger partial charge in [-0.15, -0.1) is 0 Å². The number of likely N-dealkylation sites (N-methyl/N-ethyl adjacent to an activating group) is 1. The fourth-order valence-electron chi connectivity index (χ4n) is 3.53. The molecule has 0 amide bonds. The van der Waals surface area contributed by atoms with Crippen LogP contribution in [0.4, 0.5) is 0 Å². The van der Waals surface area contributed by atoms with Crippen molar-refractivity contribution in [1.82, 2.24) is 15.1 Å². The van der Waals surface area contributed by atoms with E-state index in [1.165, 1.54) is 38.9 Å². The van der Waals surface area contributed by atoms with E-state index < -0.39 is 0 Å². The summed E-state index contributed by atoms with van der Waals surface area (Å²) in [5.41, 5.74) is 0. The van der Waals surface area contributed by atoms with Gasteiger partial charge in [-0.05, 0) is 58.3 Å². The van der Waals surface area contributed by atoms with E-state index in [9.17, 15) is 0 Å². The largest absolute Gasteiger partial charge is 0.312 e. The van der Waals surface area contributed by atoms with Crippen molar-refractivity contribution in [2.45, 2.75) is 45.2 Å². The predicted molar refractivity (Wildman–Crippen MR) is 77.9 cm³/mol. The molecule has 3 nitrogen and oxygen atoms in total. The minimum Gasteiger partial charge on any atom is -0.312 e. The van der Waals surface area contributed by atoms with E-state index in [0.29, 0.717) is 6.04 Å². The Morgan fingerprint density at radius 2 is 1.94 bits per heavy atom. The van der Waals surface area contributed by atoms with Gasteiger partial charge in [-0.1, -0.05) is 13.8 Å². The molecule has 2 rings (SSSR count). The molecule has 1 N–H and O–H groups in total. The van der Waals surface area contributed by atoms with Gasteiger partial charge in [0.05, 0.1) is 0 Å². The van der Waals surface area contributed by atoms with Crippen LogP contribution in [0, 0.1) is 11.8 Å². The van der Waals surface area contributed by atoms with Crippen molar-refractivity contribution in [2.75, 3.05) is 40.3 Å². The quantitative estimate of drug-likeness (QED) is 0.776. The van der Waals surface area contributed by atoms with Gasteiger partial charge < -0.3 is 15.1 Å². The smallest absolute Gasteiger partial charge is 0.0217 e. The summed E-state index contributed by atoms with van der Waals surface area (Å²) in [6, 6.07) is 1.46. The van der Waals surface area contributed by atoms with E-state index in [-0.39, 0.29) is 0 Å². The topological polar surface area (TPSA) is 18.5 Å². The van der Waals surface area contributed by atoms with E-state index in [1.807, 2.05) is 0 Å². The zero-order valence-corrected chi connectivity index (χ0v) is 12.7. The molecule has 2 fully saturated rings. The van der Waals surface area contributed by atoms with E-state index in [1.54, 1.807) is 0 Å². The van der Waals surface area contributed by atoms with Crippen molar-refractivity contribution < 1.29 is 0 Å². The molecule has 2 heterocycles. The Bertz CT molecular complexity index is 250. The van der Waals surface area contributed by atoms with Gasteiger partial charge in [0.1, 0.15) is 0 Å². The number of hydrogen-bond donors (Lipinski definition) is 1. The molecule has 4 atom stereocenters. The van der Waals surface area contributed by atoms with Gasteiger partial charge in [0, 0.05) is 25.2 Å². The minimum absolute atomic E-state index is 0.685. The number of nitrogens with one attached hydrogen (secondary N) is 1. The van der Waals surface area contributed by atoms with Crippen LogP contribution >= 0.6 is 0 Å². The van der Waals surface area contributed by atoms with Crippen LogP contribution in [0.25, 0.3) is 0 Å². The van der Waals surface area contributed by atoms with E-state index in [0.717, 1.165) is 24.4 Å². The molecule has 0 saturated carbocycles. The zero-order valence-electron chi connectivity index (χ0n) is 12.7. The molecule has 2 aliphatic heterocycles. The molecule has 0 spiro atoms. The van der Waals surface area contributed by atoms with E-state index >= 15 is 0 Å². The van der Waals surface area contributed by atoms with Crippen molar-refractivity contribution in [3.8, 4) is 0 Å². The molecular formula is C15H31N3. The Balaban J connectivity index is 1.78. The van der Waals surface area contributed by atoms with Crippen LogP contribution in [0.2, 0.25) is 0 Å². The summed E-state index contributed by atoms with van der Waals surface area (Å²) in [7, 11) is 4.43. The van der Waals surface area contributed by atoms with Gasteiger partial charge >= 0.3 is 0 Å². The van der Waals surface area contributed by atoms with Gasteiger partial charge in [-0.2, -0.15) is 0 Å². The molecule has 0 aliphatic carbocycles. The molecule has 3 heteroatoms. The fourth-order valence-corrected chi connectivity index (χ4v) is 3.53. The first-order valence-corrected chi connectivity index (χ1v) is 7.68. The summed E-state index contributed by atoms with van der Waals surface area (Å²) >= 11 is 0. The highest BCUT2D eigenvalue weighted by atomic mass is 15.2. The maximum absolute atomic E-state index is 3.87. The molecule has 0 aromatic rings. The minimum atomic E-state index is 0.685.